The molecule has 0 atom stereocenters. The summed E-state index contributed by atoms with van der Waals surface area (Å²) < 4.78 is 46.4. The molecule has 0 bridgehead atoms. The van der Waals surface area contributed by atoms with Crippen LogP contribution in [0, 0.1) is 5.82 Å². The fourth-order valence-electron chi connectivity index (χ4n) is 2.37. The summed E-state index contributed by atoms with van der Waals surface area (Å²) in [4.78, 5) is 11.9. The van der Waals surface area contributed by atoms with Gasteiger partial charge in [0.25, 0.3) is 0 Å². The average Bonchev–Trinajstić information content (AvgIpc) is 3.01. The Morgan fingerprint density at radius 2 is 1.84 bits per heavy atom. The summed E-state index contributed by atoms with van der Waals surface area (Å²) in [5.74, 6) is -1.10. The Kier molecular flexibility index (Phi) is 4.85. The molecule has 1 heterocycles. The van der Waals surface area contributed by atoms with E-state index >= 15 is 0 Å². The highest BCUT2D eigenvalue weighted by Crippen LogP contribution is 2.35. The summed E-state index contributed by atoms with van der Waals surface area (Å²) in [6, 6.07) is 12.3. The highest BCUT2D eigenvalue weighted by atomic mass is 32.2. The minimum absolute atomic E-state index is 0.0204. The third-order valence-corrected chi connectivity index (χ3v) is 6.33. The monoisotopic (exact) mass is 379 g/mol. The summed E-state index contributed by atoms with van der Waals surface area (Å²) in [5.41, 5.74) is 0.601. The van der Waals surface area contributed by atoms with Crippen molar-refractivity contribution in [2.75, 3.05) is 7.11 Å². The van der Waals surface area contributed by atoms with Crippen molar-refractivity contribution in [2.24, 2.45) is 0 Å². The zero-order valence-corrected chi connectivity index (χ0v) is 14.8. The summed E-state index contributed by atoms with van der Waals surface area (Å²) in [6.07, 6.45) is 0. The lowest BCUT2D eigenvalue weighted by Gasteiger charge is -2.08. The number of esters is 1. The molecule has 3 rings (SSSR count). The zero-order chi connectivity index (χ0) is 18.0. The van der Waals surface area contributed by atoms with Gasteiger partial charge in [0.15, 0.2) is 0 Å². The van der Waals surface area contributed by atoms with Crippen molar-refractivity contribution in [3.05, 3.63) is 64.8 Å². The van der Waals surface area contributed by atoms with E-state index in [1.165, 1.54) is 31.4 Å². The van der Waals surface area contributed by atoms with E-state index in [1.807, 2.05) is 0 Å². The minimum atomic E-state index is -3.97. The van der Waals surface area contributed by atoms with Crippen molar-refractivity contribution in [3.63, 3.8) is 0 Å². The molecule has 0 aliphatic heterocycles. The lowest BCUT2D eigenvalue weighted by atomic mass is 10.2. The van der Waals surface area contributed by atoms with Crippen LogP contribution in [0.25, 0.3) is 10.1 Å². The lowest BCUT2D eigenvalue weighted by Crippen LogP contribution is -2.24. The standard InChI is InChI=1S/C17H14FNO4S2/c1-23-17(20)15-16(13-4-2-3-5-14(13)24-15)25(21,22)19-10-11-6-8-12(18)9-7-11/h2-9,19H,10H2,1H3. The predicted molar refractivity (Wildman–Crippen MR) is 93.6 cm³/mol. The number of rotatable bonds is 5. The number of hydrogen-bond acceptors (Lipinski definition) is 5. The number of sulfonamides is 1. The van der Waals surface area contributed by atoms with E-state index in [1.54, 1.807) is 24.3 Å². The molecule has 130 valence electrons. The first-order valence-electron chi connectivity index (χ1n) is 7.26. The first-order chi connectivity index (χ1) is 11.9. The van der Waals surface area contributed by atoms with E-state index < -0.39 is 21.8 Å². The van der Waals surface area contributed by atoms with Gasteiger partial charge >= 0.3 is 5.97 Å². The van der Waals surface area contributed by atoms with Crippen molar-refractivity contribution in [3.8, 4) is 0 Å². The molecule has 2 aromatic carbocycles. The Balaban J connectivity index is 2.01. The molecular weight excluding hydrogens is 365 g/mol. The molecular formula is C17H14FNO4S2. The minimum Gasteiger partial charge on any atom is -0.465 e. The molecule has 5 nitrogen and oxygen atoms in total. The van der Waals surface area contributed by atoms with Crippen LogP contribution < -0.4 is 4.72 Å². The van der Waals surface area contributed by atoms with Crippen LogP contribution in [0.4, 0.5) is 4.39 Å². The first kappa shape index (κ1) is 17.5. The number of methoxy groups -OCH3 is 1. The topological polar surface area (TPSA) is 72.5 Å². The molecule has 0 saturated carbocycles. The zero-order valence-electron chi connectivity index (χ0n) is 13.2. The van der Waals surface area contributed by atoms with Crippen LogP contribution in [0.2, 0.25) is 0 Å². The van der Waals surface area contributed by atoms with Crippen LogP contribution in [-0.2, 0) is 21.3 Å². The second-order valence-corrected chi connectivity index (χ2v) is 7.96. The molecule has 8 heteroatoms. The Bertz CT molecular complexity index is 1030. The maximum Gasteiger partial charge on any atom is 0.349 e. The molecule has 3 aromatic rings. The van der Waals surface area contributed by atoms with Gasteiger partial charge in [0, 0.05) is 16.6 Å². The van der Waals surface area contributed by atoms with Gasteiger partial charge in [0.1, 0.15) is 15.6 Å². The highest BCUT2D eigenvalue weighted by Gasteiger charge is 2.28. The van der Waals surface area contributed by atoms with Gasteiger partial charge in [-0.3, -0.25) is 0 Å². The van der Waals surface area contributed by atoms with Gasteiger partial charge in [-0.15, -0.1) is 11.3 Å². The fourth-order valence-corrected chi connectivity index (χ4v) is 5.20. The quantitative estimate of drug-likeness (QED) is 0.691. The van der Waals surface area contributed by atoms with Crippen LogP contribution in [0.1, 0.15) is 15.2 Å². The Morgan fingerprint density at radius 3 is 2.52 bits per heavy atom. The van der Waals surface area contributed by atoms with Gasteiger partial charge in [-0.25, -0.2) is 22.3 Å². The van der Waals surface area contributed by atoms with Crippen LogP contribution >= 0.6 is 11.3 Å². The Morgan fingerprint density at radius 1 is 1.16 bits per heavy atom. The molecule has 0 aliphatic rings. The van der Waals surface area contributed by atoms with Crippen LogP contribution in [-0.4, -0.2) is 21.5 Å². The van der Waals surface area contributed by atoms with Crippen molar-refractivity contribution in [2.45, 2.75) is 11.4 Å². The number of fused-ring (bicyclic) bond motifs is 1. The number of carbonyl (C=O) groups is 1. The van der Waals surface area contributed by atoms with E-state index in [2.05, 4.69) is 4.72 Å². The van der Waals surface area contributed by atoms with Crippen molar-refractivity contribution in [1.29, 1.82) is 0 Å². The van der Waals surface area contributed by atoms with Gasteiger partial charge in [0.05, 0.1) is 7.11 Å². The SMILES string of the molecule is COC(=O)c1sc2ccccc2c1S(=O)(=O)NCc1ccc(F)cc1. The summed E-state index contributed by atoms with van der Waals surface area (Å²) in [7, 11) is -2.77. The van der Waals surface area contributed by atoms with Crippen LogP contribution in [0.5, 0.6) is 0 Å². The largest absolute Gasteiger partial charge is 0.465 e. The van der Waals surface area contributed by atoms with Crippen LogP contribution in [0.15, 0.2) is 53.4 Å². The second kappa shape index (κ2) is 6.91. The molecule has 1 aromatic heterocycles. The molecule has 0 aliphatic carbocycles. The van der Waals surface area contributed by atoms with Gasteiger partial charge in [-0.2, -0.15) is 0 Å². The van der Waals surface area contributed by atoms with E-state index in [-0.39, 0.29) is 16.3 Å². The normalized spacial score (nSPS) is 11.6. The van der Waals surface area contributed by atoms with Crippen LogP contribution in [0.3, 0.4) is 0 Å². The maximum absolute atomic E-state index is 13.0. The summed E-state index contributed by atoms with van der Waals surface area (Å²) in [6.45, 7) is -0.0204. The van der Waals surface area contributed by atoms with Gasteiger partial charge in [-0.1, -0.05) is 30.3 Å². The Hall–Kier alpha value is -2.29. The maximum atomic E-state index is 13.0. The van der Waals surface area contributed by atoms with E-state index in [0.29, 0.717) is 15.6 Å². The van der Waals surface area contributed by atoms with Gasteiger partial charge in [0.2, 0.25) is 10.0 Å². The third-order valence-electron chi connectivity index (χ3n) is 3.57. The highest BCUT2D eigenvalue weighted by molar-refractivity contribution is 7.90. The smallest absolute Gasteiger partial charge is 0.349 e. The average molecular weight is 379 g/mol. The Labute approximate surface area is 148 Å². The number of nitrogens with one attached hydrogen (secondary N) is 1. The molecule has 0 saturated heterocycles. The van der Waals surface area contributed by atoms with E-state index in [4.69, 9.17) is 4.74 Å². The second-order valence-electron chi connectivity index (χ2n) is 5.20. The number of carbonyl (C=O) groups excluding carboxylic acids is 1. The molecule has 0 unspecified atom stereocenters. The fraction of sp³-hybridized carbons (Fsp3) is 0.118. The number of hydrogen-bond donors (Lipinski definition) is 1. The lowest BCUT2D eigenvalue weighted by molar-refractivity contribution is 0.0602. The predicted octanol–water partition coefficient (Wildman–Crippen LogP) is 3.31. The van der Waals surface area contributed by atoms with Crippen molar-refractivity contribution >= 4 is 37.4 Å². The number of halogens is 1. The summed E-state index contributed by atoms with van der Waals surface area (Å²) >= 11 is 1.06. The molecule has 25 heavy (non-hydrogen) atoms. The van der Waals surface area contributed by atoms with Gasteiger partial charge < -0.3 is 4.74 Å². The van der Waals surface area contributed by atoms with Crippen molar-refractivity contribution in [1.82, 2.24) is 4.72 Å². The number of benzene rings is 2. The number of thiophene rings is 1. The molecule has 0 radical (unpaired) electrons. The molecule has 0 fully saturated rings. The van der Waals surface area contributed by atoms with Crippen molar-refractivity contribution < 1.29 is 22.3 Å². The number of ether oxygens (including phenoxy) is 1. The third kappa shape index (κ3) is 3.55. The van der Waals surface area contributed by atoms with Gasteiger partial charge in [-0.05, 0) is 23.8 Å². The molecule has 0 spiro atoms. The van der Waals surface area contributed by atoms with E-state index in [0.717, 1.165) is 11.3 Å². The summed E-state index contributed by atoms with van der Waals surface area (Å²) in [5, 5.41) is 0.458. The first-order valence-corrected chi connectivity index (χ1v) is 9.56. The molecule has 0 amide bonds. The molecule has 1 N–H and O–H groups in total. The van der Waals surface area contributed by atoms with E-state index in [9.17, 15) is 17.6 Å².